The van der Waals surface area contributed by atoms with E-state index < -0.39 is 0 Å². The molecule has 0 radical (unpaired) electrons. The van der Waals surface area contributed by atoms with Gasteiger partial charge in [0, 0.05) is 11.3 Å². The molecule has 1 N–H and O–H groups in total. The van der Waals surface area contributed by atoms with Crippen molar-refractivity contribution >= 4 is 5.91 Å². The number of aromatic nitrogens is 2. The van der Waals surface area contributed by atoms with E-state index >= 15 is 0 Å². The Morgan fingerprint density at radius 1 is 1.00 bits per heavy atom. The number of amides is 1. The fourth-order valence-electron chi connectivity index (χ4n) is 3.47. The van der Waals surface area contributed by atoms with Crippen molar-refractivity contribution in [2.75, 3.05) is 13.2 Å². The SMILES string of the molecule is CCOc1ccc(C(C)NC(=O)c2ccc(Cn3nc(C)cc3C)cc2)cc1OCC. The van der Waals surface area contributed by atoms with Crippen LogP contribution in [0, 0.1) is 13.8 Å². The number of ether oxygens (including phenoxy) is 2. The molecular weight excluding hydrogens is 390 g/mol. The summed E-state index contributed by atoms with van der Waals surface area (Å²) in [6.07, 6.45) is 0. The second-order valence-corrected chi connectivity index (χ2v) is 7.55. The van der Waals surface area contributed by atoms with E-state index in [1.807, 2.05) is 81.8 Å². The maximum atomic E-state index is 12.8. The fraction of sp³-hybridized carbons (Fsp3) is 0.360. The number of rotatable bonds is 9. The number of carbonyl (C=O) groups is 1. The van der Waals surface area contributed by atoms with Gasteiger partial charge in [-0.1, -0.05) is 18.2 Å². The van der Waals surface area contributed by atoms with Crippen LogP contribution in [0.3, 0.4) is 0 Å². The number of nitrogens with one attached hydrogen (secondary N) is 1. The predicted octanol–water partition coefficient (Wildman–Crippen LogP) is 4.84. The summed E-state index contributed by atoms with van der Waals surface area (Å²) >= 11 is 0. The highest BCUT2D eigenvalue weighted by Gasteiger charge is 2.14. The second kappa shape index (κ2) is 10.2. The Labute approximate surface area is 184 Å². The molecule has 3 aromatic rings. The zero-order chi connectivity index (χ0) is 22.4. The zero-order valence-electron chi connectivity index (χ0n) is 18.9. The molecule has 3 rings (SSSR count). The second-order valence-electron chi connectivity index (χ2n) is 7.55. The highest BCUT2D eigenvalue weighted by Crippen LogP contribution is 2.30. The summed E-state index contributed by atoms with van der Waals surface area (Å²) in [6.45, 7) is 11.7. The van der Waals surface area contributed by atoms with Gasteiger partial charge >= 0.3 is 0 Å². The van der Waals surface area contributed by atoms with Crippen molar-refractivity contribution in [2.24, 2.45) is 0 Å². The van der Waals surface area contributed by atoms with Crippen LogP contribution in [0.1, 0.15) is 59.7 Å². The maximum absolute atomic E-state index is 12.8. The highest BCUT2D eigenvalue weighted by atomic mass is 16.5. The van der Waals surface area contributed by atoms with E-state index in [1.165, 1.54) is 0 Å². The van der Waals surface area contributed by atoms with Gasteiger partial charge in [-0.3, -0.25) is 9.48 Å². The molecule has 1 amide bonds. The van der Waals surface area contributed by atoms with Crippen molar-refractivity contribution in [1.82, 2.24) is 15.1 Å². The number of nitrogens with zero attached hydrogens (tertiary/aromatic N) is 2. The molecule has 1 aromatic heterocycles. The minimum Gasteiger partial charge on any atom is -0.490 e. The molecule has 31 heavy (non-hydrogen) atoms. The topological polar surface area (TPSA) is 65.4 Å². The smallest absolute Gasteiger partial charge is 0.251 e. The molecule has 164 valence electrons. The molecule has 0 saturated carbocycles. The number of hydrogen-bond acceptors (Lipinski definition) is 4. The van der Waals surface area contributed by atoms with E-state index in [-0.39, 0.29) is 11.9 Å². The van der Waals surface area contributed by atoms with Crippen LogP contribution >= 0.6 is 0 Å². The molecule has 2 aromatic carbocycles. The van der Waals surface area contributed by atoms with Crippen LogP contribution in [0.4, 0.5) is 0 Å². The molecule has 6 heteroatoms. The summed E-state index contributed by atoms with van der Waals surface area (Å²) in [6, 6.07) is 15.3. The number of carbonyl (C=O) groups excluding carboxylic acids is 1. The Balaban J connectivity index is 1.66. The monoisotopic (exact) mass is 421 g/mol. The molecule has 1 heterocycles. The molecular formula is C25H31N3O3. The fourth-order valence-corrected chi connectivity index (χ4v) is 3.47. The largest absolute Gasteiger partial charge is 0.490 e. The molecule has 0 aliphatic carbocycles. The van der Waals surface area contributed by atoms with Gasteiger partial charge < -0.3 is 14.8 Å². The normalized spacial score (nSPS) is 11.8. The molecule has 0 bridgehead atoms. The van der Waals surface area contributed by atoms with Crippen molar-refractivity contribution in [3.8, 4) is 11.5 Å². The quantitative estimate of drug-likeness (QED) is 0.537. The molecule has 0 aliphatic heterocycles. The van der Waals surface area contributed by atoms with Crippen LogP contribution in [-0.2, 0) is 6.54 Å². The van der Waals surface area contributed by atoms with Crippen LogP contribution in [-0.4, -0.2) is 28.9 Å². The number of hydrogen-bond donors (Lipinski definition) is 1. The van der Waals surface area contributed by atoms with E-state index in [4.69, 9.17) is 9.47 Å². The summed E-state index contributed by atoms with van der Waals surface area (Å²) in [5, 5.41) is 7.55. The lowest BCUT2D eigenvalue weighted by molar-refractivity contribution is 0.0940. The average molecular weight is 422 g/mol. The van der Waals surface area contributed by atoms with E-state index in [0.29, 0.717) is 36.8 Å². The summed E-state index contributed by atoms with van der Waals surface area (Å²) < 4.78 is 13.3. The van der Waals surface area contributed by atoms with Gasteiger partial charge in [-0.25, -0.2) is 0 Å². The lowest BCUT2D eigenvalue weighted by Crippen LogP contribution is -2.26. The number of benzene rings is 2. The van der Waals surface area contributed by atoms with Gasteiger partial charge in [0.1, 0.15) is 0 Å². The Hall–Kier alpha value is -3.28. The molecule has 0 fully saturated rings. The third-order valence-corrected chi connectivity index (χ3v) is 5.07. The van der Waals surface area contributed by atoms with Gasteiger partial charge in [-0.05, 0) is 76.1 Å². The average Bonchev–Trinajstić information content (AvgIpc) is 3.06. The Bertz CT molecular complexity index is 1020. The van der Waals surface area contributed by atoms with Crippen LogP contribution in [0.15, 0.2) is 48.5 Å². The van der Waals surface area contributed by atoms with Crippen molar-refractivity contribution in [3.05, 3.63) is 76.6 Å². The summed E-state index contributed by atoms with van der Waals surface area (Å²) in [4.78, 5) is 12.8. The molecule has 0 aliphatic rings. The van der Waals surface area contributed by atoms with E-state index in [2.05, 4.69) is 16.5 Å². The third-order valence-electron chi connectivity index (χ3n) is 5.07. The first kappa shape index (κ1) is 22.4. The standard InChI is InChI=1S/C25H31N3O3/c1-6-30-23-13-12-22(15-24(23)31-7-2)19(5)26-25(29)21-10-8-20(9-11-21)16-28-18(4)14-17(3)27-28/h8-15,19H,6-7,16H2,1-5H3,(H,26,29). The van der Waals surface area contributed by atoms with Crippen LogP contribution < -0.4 is 14.8 Å². The van der Waals surface area contributed by atoms with Crippen molar-refractivity contribution in [2.45, 2.75) is 47.2 Å². The lowest BCUT2D eigenvalue weighted by atomic mass is 10.1. The molecule has 1 atom stereocenters. The lowest BCUT2D eigenvalue weighted by Gasteiger charge is -2.17. The molecule has 6 nitrogen and oxygen atoms in total. The van der Waals surface area contributed by atoms with E-state index in [1.54, 1.807) is 0 Å². The van der Waals surface area contributed by atoms with E-state index in [9.17, 15) is 4.79 Å². The van der Waals surface area contributed by atoms with Gasteiger partial charge in [0.25, 0.3) is 5.91 Å². The maximum Gasteiger partial charge on any atom is 0.251 e. The van der Waals surface area contributed by atoms with Gasteiger partial charge in [0.15, 0.2) is 11.5 Å². The van der Waals surface area contributed by atoms with Crippen LogP contribution in [0.25, 0.3) is 0 Å². The zero-order valence-corrected chi connectivity index (χ0v) is 18.9. The van der Waals surface area contributed by atoms with E-state index in [0.717, 1.165) is 22.5 Å². The van der Waals surface area contributed by atoms with Gasteiger partial charge in [-0.2, -0.15) is 5.10 Å². The minimum atomic E-state index is -0.170. The molecule has 1 unspecified atom stereocenters. The summed E-state index contributed by atoms with van der Waals surface area (Å²) in [5.41, 5.74) is 4.81. The van der Waals surface area contributed by atoms with Crippen molar-refractivity contribution in [3.63, 3.8) is 0 Å². The van der Waals surface area contributed by atoms with Gasteiger partial charge in [0.2, 0.25) is 0 Å². The Morgan fingerprint density at radius 2 is 1.68 bits per heavy atom. The Kier molecular flexibility index (Phi) is 7.34. The summed E-state index contributed by atoms with van der Waals surface area (Å²) in [7, 11) is 0. The number of aryl methyl sites for hydroxylation is 2. The first-order valence-electron chi connectivity index (χ1n) is 10.7. The van der Waals surface area contributed by atoms with Crippen molar-refractivity contribution < 1.29 is 14.3 Å². The van der Waals surface area contributed by atoms with Crippen LogP contribution in [0.2, 0.25) is 0 Å². The first-order chi connectivity index (χ1) is 14.9. The third kappa shape index (κ3) is 5.66. The van der Waals surface area contributed by atoms with Crippen molar-refractivity contribution in [1.29, 1.82) is 0 Å². The molecule has 0 spiro atoms. The first-order valence-corrected chi connectivity index (χ1v) is 10.7. The highest BCUT2D eigenvalue weighted by molar-refractivity contribution is 5.94. The van der Waals surface area contributed by atoms with Gasteiger partial charge in [-0.15, -0.1) is 0 Å². The molecule has 0 saturated heterocycles. The summed E-state index contributed by atoms with van der Waals surface area (Å²) in [5.74, 6) is 1.29. The minimum absolute atomic E-state index is 0.114. The van der Waals surface area contributed by atoms with Gasteiger partial charge in [0.05, 0.1) is 31.5 Å². The Morgan fingerprint density at radius 3 is 2.29 bits per heavy atom. The predicted molar refractivity (Wildman–Crippen MR) is 122 cm³/mol. The van der Waals surface area contributed by atoms with Crippen LogP contribution in [0.5, 0.6) is 11.5 Å².